The molecular weight excluding hydrogens is 234 g/mol. The van der Waals surface area contributed by atoms with Gasteiger partial charge in [0.05, 0.1) is 0 Å². The van der Waals surface area contributed by atoms with Crippen LogP contribution in [0.25, 0.3) is 21.5 Å². The van der Waals surface area contributed by atoms with Crippen molar-refractivity contribution in [2.75, 3.05) is 0 Å². The third kappa shape index (κ3) is 2.13. The molecule has 1 amide bonds. The molecular formula is C17H13NO. The highest BCUT2D eigenvalue weighted by molar-refractivity contribution is 6.13. The second kappa shape index (κ2) is 4.65. The summed E-state index contributed by atoms with van der Waals surface area (Å²) < 4.78 is 0. The Kier molecular flexibility index (Phi) is 2.84. The number of amides is 1. The molecule has 3 aromatic rings. The SMILES string of the molecule is CC(=O)/N=C/c1cccc2c1ccc1ccccc12. The molecule has 0 aliphatic carbocycles. The summed E-state index contributed by atoms with van der Waals surface area (Å²) in [5.74, 6) is -0.183. The maximum Gasteiger partial charge on any atom is 0.242 e. The minimum Gasteiger partial charge on any atom is -0.273 e. The molecule has 0 unspecified atom stereocenters. The Bertz CT molecular complexity index is 803. The van der Waals surface area contributed by atoms with Crippen molar-refractivity contribution in [2.45, 2.75) is 6.92 Å². The van der Waals surface area contributed by atoms with Crippen LogP contribution in [0.2, 0.25) is 0 Å². The molecule has 0 heterocycles. The number of fused-ring (bicyclic) bond motifs is 3. The molecule has 0 atom stereocenters. The molecule has 0 aliphatic heterocycles. The summed E-state index contributed by atoms with van der Waals surface area (Å²) in [6.07, 6.45) is 1.64. The molecule has 0 N–H and O–H groups in total. The van der Waals surface area contributed by atoms with Gasteiger partial charge in [0.2, 0.25) is 5.91 Å². The number of carbonyl (C=O) groups excluding carboxylic acids is 1. The van der Waals surface area contributed by atoms with E-state index in [9.17, 15) is 4.79 Å². The lowest BCUT2D eigenvalue weighted by atomic mass is 9.99. The van der Waals surface area contributed by atoms with E-state index in [0.717, 1.165) is 10.9 Å². The van der Waals surface area contributed by atoms with Gasteiger partial charge in [-0.2, -0.15) is 0 Å². The van der Waals surface area contributed by atoms with Crippen LogP contribution in [-0.4, -0.2) is 12.1 Å². The summed E-state index contributed by atoms with van der Waals surface area (Å²) >= 11 is 0. The molecule has 2 nitrogen and oxygen atoms in total. The Morgan fingerprint density at radius 2 is 1.68 bits per heavy atom. The fourth-order valence-electron chi connectivity index (χ4n) is 2.34. The lowest BCUT2D eigenvalue weighted by molar-refractivity contribution is -0.115. The van der Waals surface area contributed by atoms with Crippen LogP contribution in [0.4, 0.5) is 0 Å². The predicted octanol–water partition coefficient (Wildman–Crippen LogP) is 3.96. The molecule has 19 heavy (non-hydrogen) atoms. The molecule has 0 aliphatic rings. The Morgan fingerprint density at radius 1 is 0.895 bits per heavy atom. The first kappa shape index (κ1) is 11.6. The van der Waals surface area contributed by atoms with E-state index in [1.165, 1.54) is 23.1 Å². The summed E-state index contributed by atoms with van der Waals surface area (Å²) in [6.45, 7) is 1.46. The van der Waals surface area contributed by atoms with Crippen molar-refractivity contribution in [3.05, 3.63) is 60.2 Å². The molecule has 2 heteroatoms. The van der Waals surface area contributed by atoms with E-state index in [1.807, 2.05) is 24.3 Å². The van der Waals surface area contributed by atoms with Crippen molar-refractivity contribution in [1.29, 1.82) is 0 Å². The van der Waals surface area contributed by atoms with Crippen LogP contribution in [0.3, 0.4) is 0 Å². The fourth-order valence-corrected chi connectivity index (χ4v) is 2.34. The molecule has 0 spiro atoms. The van der Waals surface area contributed by atoms with Crippen molar-refractivity contribution < 1.29 is 4.79 Å². The Balaban J connectivity index is 2.32. The number of carbonyl (C=O) groups is 1. The van der Waals surface area contributed by atoms with Gasteiger partial charge < -0.3 is 0 Å². The normalized spacial score (nSPS) is 11.4. The van der Waals surface area contributed by atoms with Gasteiger partial charge in [0, 0.05) is 18.7 Å². The van der Waals surface area contributed by atoms with Crippen LogP contribution >= 0.6 is 0 Å². The summed E-state index contributed by atoms with van der Waals surface area (Å²) in [4.78, 5) is 14.8. The van der Waals surface area contributed by atoms with Gasteiger partial charge in [0.25, 0.3) is 0 Å². The van der Waals surface area contributed by atoms with Crippen LogP contribution < -0.4 is 0 Å². The summed E-state index contributed by atoms with van der Waals surface area (Å²) in [6, 6.07) is 18.5. The van der Waals surface area contributed by atoms with Crippen LogP contribution in [0.15, 0.2) is 59.6 Å². The summed E-state index contributed by atoms with van der Waals surface area (Å²) in [7, 11) is 0. The Morgan fingerprint density at radius 3 is 2.53 bits per heavy atom. The molecule has 92 valence electrons. The van der Waals surface area contributed by atoms with Gasteiger partial charge in [-0.1, -0.05) is 54.6 Å². The number of aliphatic imine (C=N–C) groups is 1. The average Bonchev–Trinajstić information content (AvgIpc) is 2.44. The highest BCUT2D eigenvalue weighted by Gasteiger charge is 2.02. The van der Waals surface area contributed by atoms with Gasteiger partial charge in [-0.3, -0.25) is 4.79 Å². The molecule has 0 bridgehead atoms. The van der Waals surface area contributed by atoms with E-state index in [-0.39, 0.29) is 5.91 Å². The molecule has 0 saturated heterocycles. The smallest absolute Gasteiger partial charge is 0.242 e. The molecule has 0 aromatic heterocycles. The fraction of sp³-hybridized carbons (Fsp3) is 0.0588. The highest BCUT2D eigenvalue weighted by Crippen LogP contribution is 2.26. The summed E-state index contributed by atoms with van der Waals surface area (Å²) in [5.41, 5.74) is 0.971. The van der Waals surface area contributed by atoms with Crippen molar-refractivity contribution in [1.82, 2.24) is 0 Å². The maximum atomic E-state index is 11.0. The first-order valence-electron chi connectivity index (χ1n) is 6.21. The minimum atomic E-state index is -0.183. The average molecular weight is 247 g/mol. The van der Waals surface area contributed by atoms with E-state index in [0.29, 0.717) is 0 Å². The van der Waals surface area contributed by atoms with Crippen LogP contribution in [0.1, 0.15) is 12.5 Å². The van der Waals surface area contributed by atoms with Gasteiger partial charge >= 0.3 is 0 Å². The quantitative estimate of drug-likeness (QED) is 0.472. The third-order valence-electron chi connectivity index (χ3n) is 3.21. The predicted molar refractivity (Wildman–Crippen MR) is 79.7 cm³/mol. The van der Waals surface area contributed by atoms with Crippen molar-refractivity contribution >= 4 is 33.7 Å². The van der Waals surface area contributed by atoms with E-state index < -0.39 is 0 Å². The van der Waals surface area contributed by atoms with Gasteiger partial charge in [0.1, 0.15) is 0 Å². The second-order valence-electron chi connectivity index (χ2n) is 4.51. The lowest BCUT2D eigenvalue weighted by Gasteiger charge is -2.06. The highest BCUT2D eigenvalue weighted by atomic mass is 16.1. The molecule has 3 rings (SSSR count). The second-order valence-corrected chi connectivity index (χ2v) is 4.51. The van der Waals surface area contributed by atoms with Crippen LogP contribution in [0.5, 0.6) is 0 Å². The summed E-state index contributed by atoms with van der Waals surface area (Å²) in [5, 5.41) is 4.74. The van der Waals surface area contributed by atoms with Gasteiger partial charge in [-0.05, 0) is 21.5 Å². The molecule has 3 aromatic carbocycles. The molecule has 0 fully saturated rings. The topological polar surface area (TPSA) is 29.4 Å². The Labute approximate surface area is 111 Å². The number of nitrogens with zero attached hydrogens (tertiary/aromatic N) is 1. The number of hydrogen-bond donors (Lipinski definition) is 0. The van der Waals surface area contributed by atoms with Gasteiger partial charge in [-0.15, -0.1) is 0 Å². The van der Waals surface area contributed by atoms with E-state index in [1.54, 1.807) is 6.21 Å². The third-order valence-corrected chi connectivity index (χ3v) is 3.21. The molecule has 0 saturated carbocycles. The molecule has 0 radical (unpaired) electrons. The van der Waals surface area contributed by atoms with Gasteiger partial charge in [0.15, 0.2) is 0 Å². The first-order valence-corrected chi connectivity index (χ1v) is 6.21. The Hall–Kier alpha value is -2.48. The lowest BCUT2D eigenvalue weighted by Crippen LogP contribution is -1.89. The van der Waals surface area contributed by atoms with E-state index in [2.05, 4.69) is 35.3 Å². The van der Waals surface area contributed by atoms with Crippen LogP contribution in [-0.2, 0) is 4.79 Å². The zero-order valence-corrected chi connectivity index (χ0v) is 10.6. The monoisotopic (exact) mass is 247 g/mol. The number of benzene rings is 3. The van der Waals surface area contributed by atoms with Crippen LogP contribution in [0, 0.1) is 0 Å². The van der Waals surface area contributed by atoms with Crippen molar-refractivity contribution in [2.24, 2.45) is 4.99 Å². The minimum absolute atomic E-state index is 0.183. The zero-order chi connectivity index (χ0) is 13.2. The van der Waals surface area contributed by atoms with E-state index >= 15 is 0 Å². The van der Waals surface area contributed by atoms with Crippen molar-refractivity contribution in [3.8, 4) is 0 Å². The van der Waals surface area contributed by atoms with Crippen molar-refractivity contribution in [3.63, 3.8) is 0 Å². The van der Waals surface area contributed by atoms with E-state index in [4.69, 9.17) is 0 Å². The largest absolute Gasteiger partial charge is 0.273 e. The van der Waals surface area contributed by atoms with Gasteiger partial charge in [-0.25, -0.2) is 4.99 Å². The first-order chi connectivity index (χ1) is 9.25. The standard InChI is InChI=1S/C17H13NO/c1-12(19)18-11-14-6-4-8-17-15-7-3-2-5-13(15)9-10-16(14)17/h2-11H,1H3/b18-11+. The maximum absolute atomic E-state index is 11.0. The number of rotatable bonds is 1. The number of hydrogen-bond acceptors (Lipinski definition) is 1. The zero-order valence-electron chi connectivity index (χ0n) is 10.6.